The highest BCUT2D eigenvalue weighted by atomic mass is 16.4. The molecule has 4 heteroatoms. The molecule has 0 radical (unpaired) electrons. The number of carboxylic acids is 2. The molecule has 0 aromatic heterocycles. The van der Waals surface area contributed by atoms with E-state index in [1.165, 1.54) is 6.07 Å². The summed E-state index contributed by atoms with van der Waals surface area (Å²) >= 11 is 0. The van der Waals surface area contributed by atoms with E-state index < -0.39 is 11.9 Å². The lowest BCUT2D eigenvalue weighted by Crippen LogP contribution is -2.10. The lowest BCUT2D eigenvalue weighted by molar-refractivity contribution is 0.0650. The Balaban J connectivity index is 2.59. The quantitative estimate of drug-likeness (QED) is 0.792. The van der Waals surface area contributed by atoms with Gasteiger partial charge >= 0.3 is 11.9 Å². The van der Waals surface area contributed by atoms with Crippen LogP contribution >= 0.6 is 0 Å². The normalized spacial score (nSPS) is 14.9. The maximum atomic E-state index is 11.0. The third-order valence-electron chi connectivity index (χ3n) is 2.56. The molecule has 1 aliphatic carbocycles. The standard InChI is InChI=1S/C11H10O4/c12-10(13)8-3-1-2-7(6-4-5-6)9(8)11(14)15/h1-3,6H,4-5H2,(H,12,13)(H,14,15). The molecule has 0 saturated heterocycles. The van der Waals surface area contributed by atoms with Crippen molar-refractivity contribution in [2.75, 3.05) is 0 Å². The van der Waals surface area contributed by atoms with E-state index in [4.69, 9.17) is 10.2 Å². The molecule has 1 aromatic rings. The summed E-state index contributed by atoms with van der Waals surface area (Å²) in [6, 6.07) is 4.63. The minimum Gasteiger partial charge on any atom is -0.478 e. The molecule has 2 rings (SSSR count). The zero-order valence-electron chi connectivity index (χ0n) is 7.93. The Hall–Kier alpha value is -1.84. The van der Waals surface area contributed by atoms with Gasteiger partial charge in [-0.15, -0.1) is 0 Å². The molecular formula is C11H10O4. The molecule has 0 atom stereocenters. The van der Waals surface area contributed by atoms with Gasteiger partial charge in [0, 0.05) is 0 Å². The van der Waals surface area contributed by atoms with Gasteiger partial charge < -0.3 is 10.2 Å². The number of aromatic carboxylic acids is 2. The van der Waals surface area contributed by atoms with Gasteiger partial charge in [-0.2, -0.15) is 0 Å². The molecule has 1 aliphatic rings. The molecular weight excluding hydrogens is 196 g/mol. The maximum absolute atomic E-state index is 11.0. The van der Waals surface area contributed by atoms with E-state index in [1.54, 1.807) is 12.1 Å². The average Bonchev–Trinajstić information content (AvgIpc) is 2.99. The monoisotopic (exact) mass is 206 g/mol. The highest BCUT2D eigenvalue weighted by Gasteiger charge is 2.30. The van der Waals surface area contributed by atoms with Gasteiger partial charge in [0.1, 0.15) is 0 Å². The Bertz CT molecular complexity index is 432. The van der Waals surface area contributed by atoms with Gasteiger partial charge in [-0.3, -0.25) is 0 Å². The van der Waals surface area contributed by atoms with Crippen molar-refractivity contribution >= 4 is 11.9 Å². The number of benzene rings is 1. The fourth-order valence-corrected chi connectivity index (χ4v) is 1.72. The highest BCUT2D eigenvalue weighted by Crippen LogP contribution is 2.42. The van der Waals surface area contributed by atoms with Crippen LogP contribution in [0.3, 0.4) is 0 Å². The smallest absolute Gasteiger partial charge is 0.336 e. The predicted molar refractivity (Wildman–Crippen MR) is 52.3 cm³/mol. The number of carbonyl (C=O) groups is 2. The van der Waals surface area contributed by atoms with E-state index >= 15 is 0 Å². The molecule has 0 amide bonds. The van der Waals surface area contributed by atoms with Gasteiger partial charge in [0.25, 0.3) is 0 Å². The first kappa shape index (κ1) is 9.71. The van der Waals surface area contributed by atoms with Crippen LogP contribution in [0, 0.1) is 0 Å². The Morgan fingerprint density at radius 3 is 2.27 bits per heavy atom. The topological polar surface area (TPSA) is 74.6 Å². The SMILES string of the molecule is O=C(O)c1cccc(C2CC2)c1C(=O)O. The van der Waals surface area contributed by atoms with Gasteiger partial charge in [0.2, 0.25) is 0 Å². The predicted octanol–water partition coefficient (Wildman–Crippen LogP) is 1.96. The Morgan fingerprint density at radius 1 is 1.13 bits per heavy atom. The van der Waals surface area contributed by atoms with E-state index in [1.807, 2.05) is 0 Å². The first-order valence-corrected chi connectivity index (χ1v) is 4.70. The molecule has 0 unspecified atom stereocenters. The largest absolute Gasteiger partial charge is 0.478 e. The maximum Gasteiger partial charge on any atom is 0.336 e. The van der Waals surface area contributed by atoms with Gasteiger partial charge in [-0.25, -0.2) is 9.59 Å². The third kappa shape index (κ3) is 1.70. The fraction of sp³-hybridized carbons (Fsp3) is 0.273. The molecule has 4 nitrogen and oxygen atoms in total. The highest BCUT2D eigenvalue weighted by molar-refractivity contribution is 6.03. The average molecular weight is 206 g/mol. The molecule has 0 heterocycles. The molecule has 78 valence electrons. The van der Waals surface area contributed by atoms with Gasteiger partial charge in [-0.1, -0.05) is 12.1 Å². The zero-order valence-corrected chi connectivity index (χ0v) is 7.93. The second-order valence-electron chi connectivity index (χ2n) is 3.65. The molecule has 1 aromatic carbocycles. The Morgan fingerprint density at radius 2 is 1.80 bits per heavy atom. The van der Waals surface area contributed by atoms with Crippen LogP contribution in [0.5, 0.6) is 0 Å². The van der Waals surface area contributed by atoms with Crippen molar-refractivity contribution in [2.45, 2.75) is 18.8 Å². The van der Waals surface area contributed by atoms with Crippen LogP contribution in [-0.2, 0) is 0 Å². The first-order valence-electron chi connectivity index (χ1n) is 4.70. The lowest BCUT2D eigenvalue weighted by atomic mass is 9.98. The van der Waals surface area contributed by atoms with Crippen molar-refractivity contribution in [3.05, 3.63) is 34.9 Å². The van der Waals surface area contributed by atoms with Gasteiger partial charge in [0.05, 0.1) is 11.1 Å². The summed E-state index contributed by atoms with van der Waals surface area (Å²) in [7, 11) is 0. The van der Waals surface area contributed by atoms with E-state index in [2.05, 4.69) is 0 Å². The summed E-state index contributed by atoms with van der Waals surface area (Å²) in [5.41, 5.74) is 0.488. The molecule has 0 spiro atoms. The van der Waals surface area contributed by atoms with Crippen molar-refractivity contribution in [3.8, 4) is 0 Å². The summed E-state index contributed by atoms with van der Waals surface area (Å²) in [6.07, 6.45) is 1.90. The van der Waals surface area contributed by atoms with E-state index in [-0.39, 0.29) is 17.0 Å². The van der Waals surface area contributed by atoms with Gasteiger partial charge in [0.15, 0.2) is 0 Å². The van der Waals surface area contributed by atoms with Crippen molar-refractivity contribution in [1.82, 2.24) is 0 Å². The number of hydrogen-bond donors (Lipinski definition) is 2. The first-order chi connectivity index (χ1) is 7.11. The van der Waals surface area contributed by atoms with Crippen LogP contribution in [0.1, 0.15) is 45.0 Å². The zero-order chi connectivity index (χ0) is 11.0. The van der Waals surface area contributed by atoms with Crippen LogP contribution in [-0.4, -0.2) is 22.2 Å². The second-order valence-corrected chi connectivity index (χ2v) is 3.65. The number of carboxylic acid groups (broad SMARTS) is 2. The van der Waals surface area contributed by atoms with Crippen LogP contribution in [0.4, 0.5) is 0 Å². The van der Waals surface area contributed by atoms with Gasteiger partial charge in [-0.05, 0) is 30.4 Å². The molecule has 1 saturated carbocycles. The molecule has 2 N–H and O–H groups in total. The summed E-state index contributed by atoms with van der Waals surface area (Å²) in [5.74, 6) is -2.11. The minimum atomic E-state index is -1.19. The van der Waals surface area contributed by atoms with Crippen molar-refractivity contribution in [1.29, 1.82) is 0 Å². The van der Waals surface area contributed by atoms with Crippen molar-refractivity contribution in [3.63, 3.8) is 0 Å². The second kappa shape index (κ2) is 3.38. The molecule has 15 heavy (non-hydrogen) atoms. The third-order valence-corrected chi connectivity index (χ3v) is 2.56. The fourth-order valence-electron chi connectivity index (χ4n) is 1.72. The molecule has 0 aliphatic heterocycles. The van der Waals surface area contributed by atoms with Crippen molar-refractivity contribution < 1.29 is 19.8 Å². The van der Waals surface area contributed by atoms with Crippen LogP contribution in [0.25, 0.3) is 0 Å². The Labute approximate surface area is 86.2 Å². The van der Waals surface area contributed by atoms with E-state index in [0.29, 0.717) is 5.56 Å². The summed E-state index contributed by atoms with van der Waals surface area (Å²) in [5, 5.41) is 17.9. The van der Waals surface area contributed by atoms with E-state index in [9.17, 15) is 9.59 Å². The number of hydrogen-bond acceptors (Lipinski definition) is 2. The Kier molecular flexibility index (Phi) is 2.19. The van der Waals surface area contributed by atoms with Crippen molar-refractivity contribution in [2.24, 2.45) is 0 Å². The molecule has 1 fully saturated rings. The van der Waals surface area contributed by atoms with E-state index in [0.717, 1.165) is 12.8 Å². The summed E-state index contributed by atoms with van der Waals surface area (Å²) < 4.78 is 0. The lowest BCUT2D eigenvalue weighted by Gasteiger charge is -2.07. The summed E-state index contributed by atoms with van der Waals surface area (Å²) in [6.45, 7) is 0. The van der Waals surface area contributed by atoms with Crippen LogP contribution in [0.15, 0.2) is 18.2 Å². The molecule has 0 bridgehead atoms. The summed E-state index contributed by atoms with van der Waals surface area (Å²) in [4.78, 5) is 21.9. The number of rotatable bonds is 3. The van der Waals surface area contributed by atoms with Crippen LogP contribution in [0.2, 0.25) is 0 Å². The minimum absolute atomic E-state index is 0.0486. The van der Waals surface area contributed by atoms with Crippen LogP contribution < -0.4 is 0 Å².